The molecular weight excluding hydrogens is 819 g/mol. The van der Waals surface area contributed by atoms with Crippen LogP contribution in [0, 0.1) is 43.2 Å². The molecule has 16 heteroatoms. The number of aryl methyl sites for hydroxylation is 3. The van der Waals surface area contributed by atoms with Crippen LogP contribution in [0.4, 0.5) is 26.1 Å². The predicted octanol–water partition coefficient (Wildman–Crippen LogP) is 6.74. The number of imidazole rings is 1. The minimum atomic E-state index is -1.01. The first-order valence-electron chi connectivity index (χ1n) is 22.9. The molecule has 3 saturated heterocycles. The van der Waals surface area contributed by atoms with E-state index in [0.717, 1.165) is 98.5 Å². The Kier molecular flexibility index (Phi) is 11.1. The molecule has 5 aromatic rings. The number of hydrogen-bond donors (Lipinski definition) is 2. The van der Waals surface area contributed by atoms with Gasteiger partial charge in [0.05, 0.1) is 40.5 Å². The quantitative estimate of drug-likeness (QED) is 0.183. The topological polar surface area (TPSA) is 143 Å². The second-order valence-electron chi connectivity index (χ2n) is 18.8. The van der Waals surface area contributed by atoms with Gasteiger partial charge in [0.25, 0.3) is 5.91 Å². The maximum Gasteiger partial charge on any atom is 0.258 e. The zero-order valence-corrected chi connectivity index (χ0v) is 37.0. The van der Waals surface area contributed by atoms with Crippen molar-refractivity contribution in [2.45, 2.75) is 84.2 Å². The molecule has 1 unspecified atom stereocenters. The molecule has 336 valence electrons. The molecule has 1 aliphatic carbocycles. The van der Waals surface area contributed by atoms with E-state index in [0.29, 0.717) is 72.3 Å². The number of hydrogen-bond acceptors (Lipinski definition) is 10. The van der Waals surface area contributed by atoms with E-state index in [-0.39, 0.29) is 24.3 Å². The van der Waals surface area contributed by atoms with E-state index >= 15 is 8.78 Å². The third-order valence-corrected chi connectivity index (χ3v) is 14.4. The number of carbonyl (C=O) groups is 3. The summed E-state index contributed by atoms with van der Waals surface area (Å²) in [5, 5.41) is 10.1. The number of anilines is 3. The van der Waals surface area contributed by atoms with Gasteiger partial charge in [0.1, 0.15) is 11.6 Å². The molecule has 2 aromatic carbocycles. The zero-order valence-electron chi connectivity index (χ0n) is 37.0. The molecule has 4 fully saturated rings. The van der Waals surface area contributed by atoms with E-state index in [4.69, 9.17) is 14.7 Å². The molecule has 5 aliphatic rings. The standard InChI is InChI=1S/C48H56F2N10O4/c1-27-17-33-19-40(51-27)43-29(3)55-56(4)47(43)64-26-32-6-5-31(18-32)25-60-41-22-34(7-9-39(41)52-48(60)54-45(33)62)59-16-15-58(28(2)23-59)24-30-11-13-57(14-12-30)35-20-37(49)44(38(50)21-35)36-8-10-42(61)53-46(36)63/h7,9,17,19-22,28,30-32,36H,5-6,8,10-16,18,23-26H2,1-4H3,(H,52,54,62)(H,53,61,63)/t28-,31?,32+,36-/m1/s1. The van der Waals surface area contributed by atoms with Crippen molar-refractivity contribution in [1.82, 2.24) is 34.5 Å². The van der Waals surface area contributed by atoms with Gasteiger partial charge in [-0.1, -0.05) is 0 Å². The minimum Gasteiger partial charge on any atom is -0.477 e. The molecular formula is C48H56F2N10O4. The largest absolute Gasteiger partial charge is 0.477 e. The number of nitrogens with one attached hydrogen (secondary N) is 2. The lowest BCUT2D eigenvalue weighted by Crippen LogP contribution is -2.53. The Morgan fingerprint density at radius 2 is 1.61 bits per heavy atom. The van der Waals surface area contributed by atoms with Gasteiger partial charge < -0.3 is 19.1 Å². The highest BCUT2D eigenvalue weighted by Gasteiger charge is 2.35. The van der Waals surface area contributed by atoms with Gasteiger partial charge in [-0.3, -0.25) is 34.9 Å². The van der Waals surface area contributed by atoms with Crippen LogP contribution in [0.2, 0.25) is 0 Å². The molecule has 2 N–H and O–H groups in total. The Labute approximate surface area is 371 Å². The average Bonchev–Trinajstić information content (AvgIpc) is 3.94. The summed E-state index contributed by atoms with van der Waals surface area (Å²) in [4.78, 5) is 54.9. The van der Waals surface area contributed by atoms with Gasteiger partial charge in [-0.2, -0.15) is 5.10 Å². The van der Waals surface area contributed by atoms with Crippen LogP contribution in [0.25, 0.3) is 22.3 Å². The highest BCUT2D eigenvalue weighted by molar-refractivity contribution is 6.05. The number of aromatic nitrogens is 5. The van der Waals surface area contributed by atoms with E-state index in [1.807, 2.05) is 31.9 Å². The number of carbonyl (C=O) groups excluding carboxylic acids is 3. The molecule has 3 aromatic heterocycles. The summed E-state index contributed by atoms with van der Waals surface area (Å²) in [5.41, 5.74) is 6.69. The zero-order chi connectivity index (χ0) is 44.4. The lowest BCUT2D eigenvalue weighted by atomic mass is 9.89. The van der Waals surface area contributed by atoms with Gasteiger partial charge in [0.2, 0.25) is 23.6 Å². The van der Waals surface area contributed by atoms with Crippen molar-refractivity contribution in [1.29, 1.82) is 0 Å². The molecule has 7 heterocycles. The van der Waals surface area contributed by atoms with E-state index in [1.54, 1.807) is 10.7 Å². The maximum absolute atomic E-state index is 15.3. The fourth-order valence-electron chi connectivity index (χ4n) is 11.0. The maximum atomic E-state index is 15.3. The van der Waals surface area contributed by atoms with Gasteiger partial charge in [-0.05, 0) is 120 Å². The number of rotatable bonds is 5. The van der Waals surface area contributed by atoms with Crippen molar-refractivity contribution < 1.29 is 27.9 Å². The summed E-state index contributed by atoms with van der Waals surface area (Å²) in [6.45, 7) is 12.5. The minimum absolute atomic E-state index is 0.0608. The van der Waals surface area contributed by atoms with Crippen LogP contribution in [0.5, 0.6) is 5.88 Å². The number of nitrogens with zero attached hydrogens (tertiary/aromatic N) is 8. The number of fused-ring (bicyclic) bond motifs is 9. The van der Waals surface area contributed by atoms with Gasteiger partial charge in [-0.25, -0.2) is 18.4 Å². The third kappa shape index (κ3) is 8.09. The van der Waals surface area contributed by atoms with E-state index in [2.05, 4.69) is 55.2 Å². The number of halogens is 2. The van der Waals surface area contributed by atoms with Crippen molar-refractivity contribution in [2.75, 3.05) is 61.0 Å². The number of piperidine rings is 2. The van der Waals surface area contributed by atoms with Crippen molar-refractivity contribution in [2.24, 2.45) is 24.8 Å². The van der Waals surface area contributed by atoms with Gasteiger partial charge >= 0.3 is 0 Å². The monoisotopic (exact) mass is 874 g/mol. The van der Waals surface area contributed by atoms with Gasteiger partial charge in [0.15, 0.2) is 0 Å². The number of piperazine rings is 1. The van der Waals surface area contributed by atoms with Crippen LogP contribution in [0.15, 0.2) is 42.5 Å². The molecule has 0 radical (unpaired) electrons. The highest BCUT2D eigenvalue weighted by atomic mass is 19.1. The van der Waals surface area contributed by atoms with Gasteiger partial charge in [-0.15, -0.1) is 0 Å². The summed E-state index contributed by atoms with van der Waals surface area (Å²) < 4.78 is 41.2. The molecule has 10 rings (SSSR count). The van der Waals surface area contributed by atoms with Crippen molar-refractivity contribution in [3.63, 3.8) is 0 Å². The van der Waals surface area contributed by atoms with Crippen molar-refractivity contribution in [3.05, 3.63) is 76.6 Å². The third-order valence-electron chi connectivity index (χ3n) is 14.4. The van der Waals surface area contributed by atoms with Crippen LogP contribution in [0.1, 0.15) is 85.1 Å². The van der Waals surface area contributed by atoms with Crippen LogP contribution < -0.4 is 25.2 Å². The lowest BCUT2D eigenvalue weighted by molar-refractivity contribution is -0.134. The summed E-state index contributed by atoms with van der Waals surface area (Å²) in [6, 6.07) is 13.1. The number of ether oxygens (including phenoxy) is 1. The van der Waals surface area contributed by atoms with Crippen LogP contribution in [-0.4, -0.2) is 98.9 Å². The van der Waals surface area contributed by atoms with Crippen molar-refractivity contribution in [3.8, 4) is 17.1 Å². The molecule has 14 nitrogen and oxygen atoms in total. The number of benzene rings is 2. The summed E-state index contributed by atoms with van der Waals surface area (Å²) in [7, 11) is 1.89. The molecule has 4 atom stereocenters. The Hall–Kier alpha value is -5.90. The highest BCUT2D eigenvalue weighted by Crippen LogP contribution is 2.39. The molecule has 4 aliphatic heterocycles. The summed E-state index contributed by atoms with van der Waals surface area (Å²) in [6.07, 6.45) is 5.11. The van der Waals surface area contributed by atoms with Crippen LogP contribution in [0.3, 0.4) is 0 Å². The summed E-state index contributed by atoms with van der Waals surface area (Å²) in [5.74, 6) is -1.33. The molecule has 4 bridgehead atoms. The van der Waals surface area contributed by atoms with E-state index in [9.17, 15) is 14.4 Å². The molecule has 1 saturated carbocycles. The SMILES string of the molecule is Cc1cc2cc(n1)-c1c(C)nn(C)c1OC[C@H]1CCC(C1)Cn1c(nc3ccc(N4CCN(CC5CCN(c6cc(F)c([C@H]7CCC(=O)NC7=O)c(F)c6)CC5)[C@H](C)C4)cc31)NC2=O. The molecule has 64 heavy (non-hydrogen) atoms. The Morgan fingerprint density at radius 3 is 2.38 bits per heavy atom. The lowest BCUT2D eigenvalue weighted by Gasteiger charge is -2.43. The van der Waals surface area contributed by atoms with E-state index < -0.39 is 29.4 Å². The fourth-order valence-corrected chi connectivity index (χ4v) is 11.0. The first kappa shape index (κ1) is 42.1. The number of imide groups is 1. The van der Waals surface area contributed by atoms with Crippen molar-refractivity contribution >= 4 is 46.1 Å². The van der Waals surface area contributed by atoms with Crippen LogP contribution in [-0.2, 0) is 23.2 Å². The average molecular weight is 875 g/mol. The molecule has 0 spiro atoms. The van der Waals surface area contributed by atoms with Gasteiger partial charge in [0, 0.05) is 93.5 Å². The first-order valence-corrected chi connectivity index (χ1v) is 22.9. The second kappa shape index (κ2) is 16.9. The normalized spacial score (nSPS) is 23.6. The Bertz CT molecular complexity index is 2630. The smallest absolute Gasteiger partial charge is 0.258 e. The predicted molar refractivity (Wildman–Crippen MR) is 240 cm³/mol. The fraction of sp³-hybridized carbons (Fsp3) is 0.500. The Balaban J connectivity index is 0.817. The number of pyridine rings is 1. The van der Waals surface area contributed by atoms with Crippen LogP contribution >= 0.6 is 0 Å². The molecule has 3 amide bonds. The van der Waals surface area contributed by atoms with E-state index in [1.165, 1.54) is 12.1 Å². The number of amides is 3. The Morgan fingerprint density at radius 1 is 0.828 bits per heavy atom. The second-order valence-corrected chi connectivity index (χ2v) is 18.8. The first-order chi connectivity index (χ1) is 30.8. The summed E-state index contributed by atoms with van der Waals surface area (Å²) >= 11 is 0.